The van der Waals surface area contributed by atoms with E-state index in [0.29, 0.717) is 17.9 Å². The number of hydrogen-bond donors (Lipinski definition) is 1. The van der Waals surface area contributed by atoms with Crippen LogP contribution in [0.2, 0.25) is 0 Å². The zero-order valence-corrected chi connectivity index (χ0v) is 12.3. The smallest absolute Gasteiger partial charge is 0.296 e. The van der Waals surface area contributed by atoms with Gasteiger partial charge in [-0.1, -0.05) is 31.9 Å². The minimum atomic E-state index is -0.609. The Bertz CT molecular complexity index is 574. The molecule has 0 radical (unpaired) electrons. The fourth-order valence-corrected chi connectivity index (χ4v) is 2.30. The Labute approximate surface area is 123 Å². The van der Waals surface area contributed by atoms with Crippen LogP contribution in [0.15, 0.2) is 30.0 Å². The maximum Gasteiger partial charge on any atom is 0.296 e. The van der Waals surface area contributed by atoms with Crippen molar-refractivity contribution in [1.29, 1.82) is 0 Å². The number of aliphatic hydroxyl groups is 1. The van der Waals surface area contributed by atoms with Crippen LogP contribution < -0.4 is 4.74 Å². The molecule has 0 aliphatic carbocycles. The lowest BCUT2D eigenvalue weighted by Gasteiger charge is -2.13. The number of hydrogen-bond acceptors (Lipinski definition) is 4. The number of nitrogens with zero attached hydrogens (tertiary/aromatic N) is 1. The van der Waals surface area contributed by atoms with Crippen molar-refractivity contribution in [2.24, 2.45) is 0 Å². The number of amides is 2. The van der Waals surface area contributed by atoms with Gasteiger partial charge in [-0.25, -0.2) is 0 Å². The van der Waals surface area contributed by atoms with Gasteiger partial charge in [-0.05, 0) is 24.1 Å². The second-order valence-corrected chi connectivity index (χ2v) is 4.92. The normalized spacial score (nSPS) is 15.0. The Hall–Kier alpha value is -2.30. The molecule has 0 spiro atoms. The first-order valence-electron chi connectivity index (χ1n) is 7.04. The summed E-state index contributed by atoms with van der Waals surface area (Å²) >= 11 is 0. The zero-order valence-electron chi connectivity index (χ0n) is 12.3. The maximum atomic E-state index is 12.3. The third-order valence-electron chi connectivity index (χ3n) is 3.51. The van der Waals surface area contributed by atoms with Gasteiger partial charge in [0.05, 0.1) is 12.7 Å². The van der Waals surface area contributed by atoms with Gasteiger partial charge in [-0.2, -0.15) is 0 Å². The molecule has 1 heterocycles. The van der Waals surface area contributed by atoms with Crippen molar-refractivity contribution in [3.63, 3.8) is 0 Å². The molecule has 1 N–H and O–H groups in total. The monoisotopic (exact) mass is 289 g/mol. The third kappa shape index (κ3) is 2.91. The first-order chi connectivity index (χ1) is 10.1. The molecule has 0 fully saturated rings. The molecule has 0 atom stereocenters. The van der Waals surface area contributed by atoms with Gasteiger partial charge in [-0.15, -0.1) is 0 Å². The Balaban J connectivity index is 2.22. The van der Waals surface area contributed by atoms with E-state index in [1.165, 1.54) is 0 Å². The van der Waals surface area contributed by atoms with E-state index in [-0.39, 0.29) is 5.57 Å². The summed E-state index contributed by atoms with van der Waals surface area (Å²) in [5, 5.41) is 9.97. The van der Waals surface area contributed by atoms with Crippen molar-refractivity contribution >= 4 is 17.4 Å². The molecule has 2 rings (SSSR count). The highest BCUT2D eigenvalue weighted by Crippen LogP contribution is 2.29. The molecule has 2 amide bonds. The third-order valence-corrected chi connectivity index (χ3v) is 3.51. The van der Waals surface area contributed by atoms with Crippen LogP contribution in [0.4, 0.5) is 0 Å². The number of ether oxygens (including phenoxy) is 1. The van der Waals surface area contributed by atoms with Gasteiger partial charge in [-0.3, -0.25) is 14.5 Å². The van der Waals surface area contributed by atoms with E-state index in [2.05, 4.69) is 0 Å². The Kier molecular flexibility index (Phi) is 4.62. The van der Waals surface area contributed by atoms with Gasteiger partial charge in [0.15, 0.2) is 5.76 Å². The van der Waals surface area contributed by atoms with Crippen molar-refractivity contribution in [3.05, 3.63) is 35.6 Å². The topological polar surface area (TPSA) is 66.8 Å². The molecular formula is C16H19NO4. The van der Waals surface area contributed by atoms with Crippen molar-refractivity contribution in [2.45, 2.75) is 26.2 Å². The molecule has 5 heteroatoms. The van der Waals surface area contributed by atoms with Gasteiger partial charge in [0.1, 0.15) is 5.75 Å². The summed E-state index contributed by atoms with van der Waals surface area (Å²) in [7, 11) is 1.55. The summed E-state index contributed by atoms with van der Waals surface area (Å²) in [5.74, 6) is -0.863. The van der Waals surface area contributed by atoms with Crippen molar-refractivity contribution < 1.29 is 19.4 Å². The molecule has 0 bridgehead atoms. The number of aliphatic hydroxyl groups excluding tert-OH is 1. The standard InChI is InChI=1S/C16H19NO4/c1-3-4-5-10-17-15(19)13(14(18)16(17)20)11-6-8-12(21-2)9-7-11/h6-9,18H,3-5,10H2,1-2H3. The van der Waals surface area contributed by atoms with Gasteiger partial charge in [0.2, 0.25) is 0 Å². The number of carbonyl (C=O) groups excluding carboxylic acids is 2. The molecule has 0 unspecified atom stereocenters. The lowest BCUT2D eigenvalue weighted by atomic mass is 10.1. The minimum Gasteiger partial charge on any atom is -0.502 e. The number of rotatable bonds is 6. The molecule has 5 nitrogen and oxygen atoms in total. The SMILES string of the molecule is CCCCCN1C(=O)C(O)=C(c2ccc(OC)cc2)C1=O. The van der Waals surface area contributed by atoms with E-state index in [0.717, 1.165) is 24.2 Å². The molecule has 0 saturated carbocycles. The number of carbonyl (C=O) groups is 2. The van der Waals surface area contributed by atoms with E-state index in [1.807, 2.05) is 6.92 Å². The Morgan fingerprint density at radius 1 is 1.10 bits per heavy atom. The van der Waals surface area contributed by atoms with Crippen molar-refractivity contribution in [1.82, 2.24) is 4.90 Å². The molecule has 1 aliphatic heterocycles. The number of methoxy groups -OCH3 is 1. The second kappa shape index (κ2) is 6.43. The summed E-state index contributed by atoms with van der Waals surface area (Å²) in [5.41, 5.74) is 0.587. The van der Waals surface area contributed by atoms with Crippen LogP contribution in [0.3, 0.4) is 0 Å². The highest BCUT2D eigenvalue weighted by Gasteiger charge is 2.38. The molecule has 21 heavy (non-hydrogen) atoms. The molecule has 112 valence electrons. The van der Waals surface area contributed by atoms with Crippen molar-refractivity contribution in [3.8, 4) is 5.75 Å². The van der Waals surface area contributed by atoms with Crippen LogP contribution >= 0.6 is 0 Å². The summed E-state index contributed by atoms with van der Waals surface area (Å²) in [6.45, 7) is 2.39. The quantitative estimate of drug-likeness (QED) is 0.645. The molecule has 1 aliphatic rings. The van der Waals surface area contributed by atoms with Crippen LogP contribution in [0.1, 0.15) is 31.7 Å². The lowest BCUT2D eigenvalue weighted by Crippen LogP contribution is -2.32. The molecule has 0 saturated heterocycles. The first kappa shape index (κ1) is 15.1. The number of imide groups is 1. The second-order valence-electron chi connectivity index (χ2n) is 4.92. The minimum absolute atomic E-state index is 0.0687. The fraction of sp³-hybridized carbons (Fsp3) is 0.375. The molecule has 1 aromatic carbocycles. The molecular weight excluding hydrogens is 270 g/mol. The average molecular weight is 289 g/mol. The van der Waals surface area contributed by atoms with E-state index < -0.39 is 17.6 Å². The van der Waals surface area contributed by atoms with E-state index >= 15 is 0 Å². The van der Waals surface area contributed by atoms with Crippen LogP contribution in [-0.2, 0) is 9.59 Å². The molecule has 1 aromatic rings. The van der Waals surface area contributed by atoms with Gasteiger partial charge in [0.25, 0.3) is 11.8 Å². The Morgan fingerprint density at radius 3 is 2.33 bits per heavy atom. The number of unbranched alkanes of at least 4 members (excludes halogenated alkanes) is 2. The highest BCUT2D eigenvalue weighted by atomic mass is 16.5. The largest absolute Gasteiger partial charge is 0.502 e. The predicted molar refractivity (Wildman–Crippen MR) is 78.8 cm³/mol. The molecule has 0 aromatic heterocycles. The van der Waals surface area contributed by atoms with E-state index in [9.17, 15) is 14.7 Å². The fourth-order valence-electron chi connectivity index (χ4n) is 2.30. The Morgan fingerprint density at radius 2 is 1.76 bits per heavy atom. The van der Waals surface area contributed by atoms with Crippen LogP contribution in [0, 0.1) is 0 Å². The zero-order chi connectivity index (χ0) is 15.4. The summed E-state index contributed by atoms with van der Waals surface area (Å²) in [6.07, 6.45) is 2.69. The van der Waals surface area contributed by atoms with Crippen LogP contribution in [-0.4, -0.2) is 35.5 Å². The summed E-state index contributed by atoms with van der Waals surface area (Å²) in [4.78, 5) is 25.4. The first-order valence-corrected chi connectivity index (χ1v) is 7.04. The average Bonchev–Trinajstić information content (AvgIpc) is 2.71. The lowest BCUT2D eigenvalue weighted by molar-refractivity contribution is -0.138. The summed E-state index contributed by atoms with van der Waals surface area (Å²) < 4.78 is 5.05. The van der Waals surface area contributed by atoms with Gasteiger partial charge in [0, 0.05) is 6.54 Å². The van der Waals surface area contributed by atoms with Gasteiger partial charge < -0.3 is 9.84 Å². The van der Waals surface area contributed by atoms with Crippen molar-refractivity contribution in [2.75, 3.05) is 13.7 Å². The van der Waals surface area contributed by atoms with Crippen LogP contribution in [0.25, 0.3) is 5.57 Å². The predicted octanol–water partition coefficient (Wildman–Crippen LogP) is 2.52. The van der Waals surface area contributed by atoms with Gasteiger partial charge >= 0.3 is 0 Å². The van der Waals surface area contributed by atoms with Crippen LogP contribution in [0.5, 0.6) is 5.75 Å². The maximum absolute atomic E-state index is 12.3. The van der Waals surface area contributed by atoms with E-state index in [1.54, 1.807) is 31.4 Å². The highest BCUT2D eigenvalue weighted by molar-refractivity contribution is 6.34. The summed E-state index contributed by atoms with van der Waals surface area (Å²) in [6, 6.07) is 6.69. The van der Waals surface area contributed by atoms with E-state index in [4.69, 9.17) is 4.74 Å². The number of benzene rings is 1.